The monoisotopic (exact) mass is 200 g/mol. The van der Waals surface area contributed by atoms with Gasteiger partial charge in [0.25, 0.3) is 0 Å². The zero-order valence-electron chi connectivity index (χ0n) is 8.06. The van der Waals surface area contributed by atoms with E-state index in [1.807, 2.05) is 12.2 Å². The summed E-state index contributed by atoms with van der Waals surface area (Å²) in [7, 11) is 0. The molecule has 1 rings (SSSR count). The molecule has 1 fully saturated rings. The van der Waals surface area contributed by atoms with Gasteiger partial charge in [0.1, 0.15) is 6.10 Å². The zero-order chi connectivity index (χ0) is 10.4. The van der Waals surface area contributed by atoms with Crippen LogP contribution in [-0.2, 0) is 9.53 Å². The molecule has 0 aromatic rings. The molecule has 0 spiro atoms. The highest BCUT2D eigenvalue weighted by Crippen LogP contribution is 2.24. The molecule has 4 heteroatoms. The van der Waals surface area contributed by atoms with Gasteiger partial charge in [-0.3, -0.25) is 4.79 Å². The average molecular weight is 200 g/mol. The third-order valence-corrected chi connectivity index (χ3v) is 2.16. The molecule has 0 aromatic heterocycles. The second kappa shape index (κ2) is 5.78. The lowest BCUT2D eigenvalue weighted by molar-refractivity contribution is -0.137. The molecule has 4 nitrogen and oxygen atoms in total. The maximum absolute atomic E-state index is 10.2. The van der Waals surface area contributed by atoms with Crippen molar-refractivity contribution in [2.75, 3.05) is 6.61 Å². The predicted molar refractivity (Wildman–Crippen MR) is 51.0 cm³/mol. The van der Waals surface area contributed by atoms with Crippen LogP contribution < -0.4 is 0 Å². The highest BCUT2D eigenvalue weighted by molar-refractivity contribution is 5.66. The molecule has 0 bridgehead atoms. The van der Waals surface area contributed by atoms with Crippen LogP contribution in [0.25, 0.3) is 0 Å². The number of carboxylic acid groups (broad SMARTS) is 1. The van der Waals surface area contributed by atoms with E-state index in [4.69, 9.17) is 14.9 Å². The van der Waals surface area contributed by atoms with Gasteiger partial charge in [0.05, 0.1) is 12.7 Å². The first-order chi connectivity index (χ1) is 6.74. The maximum Gasteiger partial charge on any atom is 0.303 e. The van der Waals surface area contributed by atoms with E-state index in [9.17, 15) is 4.79 Å². The highest BCUT2D eigenvalue weighted by Gasteiger charge is 2.36. The fourth-order valence-electron chi connectivity index (χ4n) is 1.27. The summed E-state index contributed by atoms with van der Waals surface area (Å²) < 4.78 is 5.12. The first-order valence-electron chi connectivity index (χ1n) is 4.87. The van der Waals surface area contributed by atoms with Gasteiger partial charge in [-0.2, -0.15) is 0 Å². The minimum Gasteiger partial charge on any atom is -0.481 e. The first-order valence-corrected chi connectivity index (χ1v) is 4.87. The summed E-state index contributed by atoms with van der Waals surface area (Å²) >= 11 is 0. The van der Waals surface area contributed by atoms with Crippen LogP contribution in [0.15, 0.2) is 12.2 Å². The number of aliphatic carboxylic acids is 1. The van der Waals surface area contributed by atoms with Crippen LogP contribution in [0.5, 0.6) is 0 Å². The van der Waals surface area contributed by atoms with Crippen molar-refractivity contribution in [3.8, 4) is 0 Å². The summed E-state index contributed by atoms with van der Waals surface area (Å²) in [6, 6.07) is 0. The number of allylic oxidation sites excluding steroid dienone is 1. The molecule has 0 aliphatic carbocycles. The van der Waals surface area contributed by atoms with Gasteiger partial charge in [0.2, 0.25) is 0 Å². The smallest absolute Gasteiger partial charge is 0.303 e. The Morgan fingerprint density at radius 3 is 2.71 bits per heavy atom. The SMILES string of the molecule is O=C(O)CCC/C=C/C[C@H]1O[C@@H]1CO. The Labute approximate surface area is 83.2 Å². The number of hydrogen-bond acceptors (Lipinski definition) is 3. The average Bonchev–Trinajstić information content (AvgIpc) is 2.89. The molecule has 14 heavy (non-hydrogen) atoms. The number of unbranched alkanes of at least 4 members (excludes halogenated alkanes) is 1. The summed E-state index contributed by atoms with van der Waals surface area (Å²) in [5.74, 6) is -0.746. The lowest BCUT2D eigenvalue weighted by Gasteiger charge is -1.90. The molecule has 2 atom stereocenters. The maximum atomic E-state index is 10.2. The Morgan fingerprint density at radius 1 is 1.36 bits per heavy atom. The van der Waals surface area contributed by atoms with E-state index < -0.39 is 5.97 Å². The number of epoxide rings is 1. The lowest BCUT2D eigenvalue weighted by atomic mass is 10.2. The number of carbonyl (C=O) groups is 1. The summed E-state index contributed by atoms with van der Waals surface area (Å²) in [6.07, 6.45) is 6.68. The van der Waals surface area contributed by atoms with Gasteiger partial charge in [-0.05, 0) is 19.3 Å². The number of rotatable bonds is 7. The number of aliphatic hydroxyl groups is 1. The van der Waals surface area contributed by atoms with Crippen molar-refractivity contribution in [3.05, 3.63) is 12.2 Å². The van der Waals surface area contributed by atoms with Gasteiger partial charge in [-0.1, -0.05) is 12.2 Å². The summed E-state index contributed by atoms with van der Waals surface area (Å²) in [6.45, 7) is 0.0948. The number of carboxylic acids is 1. The van der Waals surface area contributed by atoms with Gasteiger partial charge in [0, 0.05) is 6.42 Å². The van der Waals surface area contributed by atoms with Crippen molar-refractivity contribution in [3.63, 3.8) is 0 Å². The number of aliphatic hydroxyl groups excluding tert-OH is 1. The molecule has 1 aliphatic rings. The Hall–Kier alpha value is -0.870. The molecule has 1 aliphatic heterocycles. The molecule has 2 N–H and O–H groups in total. The highest BCUT2D eigenvalue weighted by atomic mass is 16.6. The van der Waals surface area contributed by atoms with Gasteiger partial charge >= 0.3 is 5.97 Å². The Balaban J connectivity index is 1.92. The van der Waals surface area contributed by atoms with Crippen molar-refractivity contribution in [1.29, 1.82) is 0 Å². The van der Waals surface area contributed by atoms with E-state index in [1.165, 1.54) is 0 Å². The third-order valence-electron chi connectivity index (χ3n) is 2.16. The zero-order valence-corrected chi connectivity index (χ0v) is 8.06. The van der Waals surface area contributed by atoms with Crippen molar-refractivity contribution in [2.45, 2.75) is 37.9 Å². The van der Waals surface area contributed by atoms with Crippen LogP contribution in [0.4, 0.5) is 0 Å². The molecule has 0 unspecified atom stereocenters. The van der Waals surface area contributed by atoms with Crippen molar-refractivity contribution in [1.82, 2.24) is 0 Å². The van der Waals surface area contributed by atoms with Crippen LogP contribution in [0.1, 0.15) is 25.7 Å². The summed E-state index contributed by atoms with van der Waals surface area (Å²) in [5, 5.41) is 17.0. The number of ether oxygens (including phenoxy) is 1. The van der Waals surface area contributed by atoms with E-state index in [2.05, 4.69) is 0 Å². The van der Waals surface area contributed by atoms with Crippen LogP contribution in [0.2, 0.25) is 0 Å². The second-order valence-corrected chi connectivity index (χ2v) is 3.39. The molecular formula is C10H16O4. The Kier molecular flexibility index (Phi) is 4.62. The van der Waals surface area contributed by atoms with Gasteiger partial charge < -0.3 is 14.9 Å². The summed E-state index contributed by atoms with van der Waals surface area (Å²) in [5.41, 5.74) is 0. The van der Waals surface area contributed by atoms with Crippen LogP contribution in [-0.4, -0.2) is 35.0 Å². The fraction of sp³-hybridized carbons (Fsp3) is 0.700. The normalized spacial score (nSPS) is 25.5. The van der Waals surface area contributed by atoms with Crippen molar-refractivity contribution in [2.24, 2.45) is 0 Å². The van der Waals surface area contributed by atoms with Gasteiger partial charge in [0.15, 0.2) is 0 Å². The van der Waals surface area contributed by atoms with Crippen molar-refractivity contribution < 1.29 is 19.7 Å². The largest absolute Gasteiger partial charge is 0.481 e. The van der Waals surface area contributed by atoms with Crippen LogP contribution in [0.3, 0.4) is 0 Å². The second-order valence-electron chi connectivity index (χ2n) is 3.39. The van der Waals surface area contributed by atoms with Crippen LogP contribution >= 0.6 is 0 Å². The standard InChI is InChI=1S/C10H16O4/c11-7-9-8(14-9)5-3-1-2-4-6-10(12)13/h1,3,8-9,11H,2,4-7H2,(H,12,13)/b3-1+/t8-,9-/m1/s1. The fourth-order valence-corrected chi connectivity index (χ4v) is 1.27. The Morgan fingerprint density at radius 2 is 2.14 bits per heavy atom. The minimum atomic E-state index is -0.746. The molecule has 0 radical (unpaired) electrons. The predicted octanol–water partition coefficient (Wildman–Crippen LogP) is 0.947. The molecule has 0 aromatic carbocycles. The molecule has 1 heterocycles. The van der Waals surface area contributed by atoms with E-state index in [0.717, 1.165) is 12.8 Å². The first kappa shape index (κ1) is 11.2. The van der Waals surface area contributed by atoms with E-state index in [1.54, 1.807) is 0 Å². The molecule has 0 saturated carbocycles. The molecule has 0 amide bonds. The minimum absolute atomic E-state index is 0.0265. The van der Waals surface area contributed by atoms with E-state index in [0.29, 0.717) is 6.42 Å². The quantitative estimate of drug-likeness (QED) is 0.364. The van der Waals surface area contributed by atoms with Gasteiger partial charge in [-0.15, -0.1) is 0 Å². The number of hydrogen-bond donors (Lipinski definition) is 2. The van der Waals surface area contributed by atoms with Gasteiger partial charge in [-0.25, -0.2) is 0 Å². The van der Waals surface area contributed by atoms with Crippen molar-refractivity contribution >= 4 is 5.97 Å². The lowest BCUT2D eigenvalue weighted by Crippen LogP contribution is -1.97. The third kappa shape index (κ3) is 4.39. The molecule has 1 saturated heterocycles. The molecule has 80 valence electrons. The Bertz CT molecular complexity index is 212. The van der Waals surface area contributed by atoms with E-state index >= 15 is 0 Å². The van der Waals surface area contributed by atoms with Crippen LogP contribution in [0, 0.1) is 0 Å². The van der Waals surface area contributed by atoms with E-state index in [-0.39, 0.29) is 25.2 Å². The topological polar surface area (TPSA) is 70.1 Å². The molecular weight excluding hydrogens is 184 g/mol. The summed E-state index contributed by atoms with van der Waals surface area (Å²) in [4.78, 5) is 10.2.